The molecule has 0 N–H and O–H groups in total. The number of rotatable bonds is 5. The third-order valence-electron chi connectivity index (χ3n) is 3.45. The van der Waals surface area contributed by atoms with Gasteiger partial charge < -0.3 is 9.15 Å². The average Bonchev–Trinajstić information content (AvgIpc) is 2.72. The number of hydrogen-bond donors (Lipinski definition) is 0. The second-order valence-electron chi connectivity index (χ2n) is 5.39. The van der Waals surface area contributed by atoms with Gasteiger partial charge in [-0.1, -0.05) is 26.0 Å². The van der Waals surface area contributed by atoms with Crippen molar-refractivity contribution in [2.75, 3.05) is 0 Å². The van der Waals surface area contributed by atoms with E-state index in [2.05, 4.69) is 4.74 Å². The third-order valence-corrected chi connectivity index (χ3v) is 3.45. The van der Waals surface area contributed by atoms with Crippen LogP contribution in [0.2, 0.25) is 0 Å². The van der Waals surface area contributed by atoms with Gasteiger partial charge in [0.1, 0.15) is 5.78 Å². The Balaban J connectivity index is 2.40. The number of fused-ring (bicyclic) bond motifs is 1. The summed E-state index contributed by atoms with van der Waals surface area (Å²) >= 11 is 0. The van der Waals surface area contributed by atoms with Crippen molar-refractivity contribution in [3.05, 3.63) is 30.0 Å². The second kappa shape index (κ2) is 5.23. The van der Waals surface area contributed by atoms with Gasteiger partial charge in [-0.05, 0) is 25.0 Å². The highest BCUT2D eigenvalue weighted by molar-refractivity contribution is 5.88. The van der Waals surface area contributed by atoms with Crippen LogP contribution in [0.5, 0.6) is 5.75 Å². The number of benzene rings is 1. The van der Waals surface area contributed by atoms with E-state index in [1.54, 1.807) is 12.1 Å². The largest absolute Gasteiger partial charge is 0.460 e. The van der Waals surface area contributed by atoms with Crippen LogP contribution < -0.4 is 4.74 Å². The van der Waals surface area contributed by atoms with Crippen LogP contribution in [0.4, 0.5) is 8.78 Å². The summed E-state index contributed by atoms with van der Waals surface area (Å²) in [5.41, 5.74) is 0.554. The molecule has 0 saturated carbocycles. The summed E-state index contributed by atoms with van der Waals surface area (Å²) in [4.78, 5) is 11.6. The SMILES string of the molecule is CC(=O)C(C)(C)Cc1coc2c(OC(F)F)cccc12. The molecule has 1 heterocycles. The minimum atomic E-state index is -2.90. The lowest BCUT2D eigenvalue weighted by Gasteiger charge is -2.20. The zero-order valence-corrected chi connectivity index (χ0v) is 11.6. The first kappa shape index (κ1) is 14.5. The van der Waals surface area contributed by atoms with Crippen LogP contribution in [0.15, 0.2) is 28.9 Å². The van der Waals surface area contributed by atoms with E-state index in [1.165, 1.54) is 19.3 Å². The first-order valence-corrected chi connectivity index (χ1v) is 6.26. The monoisotopic (exact) mass is 282 g/mol. The number of carbonyl (C=O) groups is 1. The quantitative estimate of drug-likeness (QED) is 0.825. The molecule has 0 radical (unpaired) electrons. The molecule has 0 aliphatic rings. The van der Waals surface area contributed by atoms with Crippen molar-refractivity contribution in [3.8, 4) is 5.75 Å². The van der Waals surface area contributed by atoms with Gasteiger partial charge in [-0.2, -0.15) is 8.78 Å². The molecular formula is C15H16F2O3. The molecule has 0 unspecified atom stereocenters. The zero-order valence-electron chi connectivity index (χ0n) is 11.6. The van der Waals surface area contributed by atoms with Crippen LogP contribution in [0.1, 0.15) is 26.3 Å². The molecule has 5 heteroatoms. The standard InChI is InChI=1S/C15H16F2O3/c1-9(18)15(2,3)7-10-8-19-13-11(10)5-4-6-12(13)20-14(16)17/h4-6,8,14H,7H2,1-3H3. The summed E-state index contributed by atoms with van der Waals surface area (Å²) < 4.78 is 34.4. The number of furan rings is 1. The average molecular weight is 282 g/mol. The van der Waals surface area contributed by atoms with Gasteiger partial charge in [-0.15, -0.1) is 0 Å². The van der Waals surface area contributed by atoms with Crippen molar-refractivity contribution in [1.82, 2.24) is 0 Å². The molecule has 0 saturated heterocycles. The van der Waals surface area contributed by atoms with Crippen LogP contribution in [-0.4, -0.2) is 12.4 Å². The predicted octanol–water partition coefficient (Wildman–Crippen LogP) is 4.19. The second-order valence-corrected chi connectivity index (χ2v) is 5.39. The maximum Gasteiger partial charge on any atom is 0.387 e. The number of ether oxygens (including phenoxy) is 1. The Morgan fingerprint density at radius 3 is 2.70 bits per heavy atom. The van der Waals surface area contributed by atoms with Crippen LogP contribution in [-0.2, 0) is 11.2 Å². The summed E-state index contributed by atoms with van der Waals surface area (Å²) in [6.07, 6.45) is 1.97. The molecule has 2 rings (SSSR count). The van der Waals surface area contributed by atoms with Crippen LogP contribution >= 0.6 is 0 Å². The molecule has 0 spiro atoms. The molecule has 20 heavy (non-hydrogen) atoms. The van der Waals surface area contributed by atoms with E-state index in [0.717, 1.165) is 5.56 Å². The molecule has 3 nitrogen and oxygen atoms in total. The lowest BCUT2D eigenvalue weighted by molar-refractivity contribution is -0.124. The molecule has 1 aromatic heterocycles. The molecule has 0 aliphatic heterocycles. The fourth-order valence-electron chi connectivity index (χ4n) is 2.01. The maximum absolute atomic E-state index is 12.3. The highest BCUT2D eigenvalue weighted by atomic mass is 19.3. The fourth-order valence-corrected chi connectivity index (χ4v) is 2.01. The molecular weight excluding hydrogens is 266 g/mol. The van der Waals surface area contributed by atoms with Crippen molar-refractivity contribution >= 4 is 16.8 Å². The number of carbonyl (C=O) groups excluding carboxylic acids is 1. The van der Waals surface area contributed by atoms with Gasteiger partial charge in [0.2, 0.25) is 0 Å². The maximum atomic E-state index is 12.3. The van der Waals surface area contributed by atoms with Crippen molar-refractivity contribution in [2.45, 2.75) is 33.8 Å². The van der Waals surface area contributed by atoms with E-state index in [4.69, 9.17) is 4.42 Å². The van der Waals surface area contributed by atoms with Gasteiger partial charge in [0, 0.05) is 10.8 Å². The van der Waals surface area contributed by atoms with E-state index in [9.17, 15) is 13.6 Å². The van der Waals surface area contributed by atoms with E-state index < -0.39 is 12.0 Å². The van der Waals surface area contributed by atoms with Gasteiger partial charge in [0.25, 0.3) is 0 Å². The third kappa shape index (κ3) is 2.81. The zero-order chi connectivity index (χ0) is 14.9. The summed E-state index contributed by atoms with van der Waals surface area (Å²) in [6.45, 7) is 2.32. The number of para-hydroxylation sites is 1. The number of alkyl halides is 2. The molecule has 0 fully saturated rings. The van der Waals surface area contributed by atoms with Gasteiger partial charge in [0.15, 0.2) is 11.3 Å². The Kier molecular flexibility index (Phi) is 3.79. The molecule has 0 amide bonds. The molecule has 108 valence electrons. The number of Topliss-reactive ketones (excluding diaryl/α,β-unsaturated/α-hetero) is 1. The lowest BCUT2D eigenvalue weighted by atomic mass is 9.82. The Labute approximate surface area is 115 Å². The first-order valence-electron chi connectivity index (χ1n) is 6.26. The predicted molar refractivity (Wildman–Crippen MR) is 71.0 cm³/mol. The number of halogens is 2. The van der Waals surface area contributed by atoms with E-state index in [0.29, 0.717) is 11.8 Å². The van der Waals surface area contributed by atoms with Gasteiger partial charge in [-0.3, -0.25) is 4.79 Å². The normalized spacial score (nSPS) is 12.1. The smallest absolute Gasteiger partial charge is 0.387 e. The molecule has 1 aromatic carbocycles. The van der Waals surface area contributed by atoms with E-state index >= 15 is 0 Å². The highest BCUT2D eigenvalue weighted by Crippen LogP contribution is 2.34. The minimum absolute atomic E-state index is 0.00406. The van der Waals surface area contributed by atoms with E-state index in [1.807, 2.05) is 13.8 Å². The van der Waals surface area contributed by atoms with Crippen LogP contribution in [0, 0.1) is 5.41 Å². The Bertz CT molecular complexity index is 629. The van der Waals surface area contributed by atoms with Crippen molar-refractivity contribution in [1.29, 1.82) is 0 Å². The van der Waals surface area contributed by atoms with Gasteiger partial charge in [0.05, 0.1) is 6.26 Å². The van der Waals surface area contributed by atoms with E-state index in [-0.39, 0.29) is 17.1 Å². The molecule has 0 aliphatic carbocycles. The van der Waals surface area contributed by atoms with Crippen molar-refractivity contribution < 1.29 is 22.7 Å². The number of ketones is 1. The lowest BCUT2D eigenvalue weighted by Crippen LogP contribution is -2.23. The van der Waals surface area contributed by atoms with Crippen LogP contribution in [0.25, 0.3) is 11.0 Å². The first-order chi connectivity index (χ1) is 9.31. The van der Waals surface area contributed by atoms with Gasteiger partial charge in [-0.25, -0.2) is 0 Å². The molecule has 0 bridgehead atoms. The summed E-state index contributed by atoms with van der Waals surface area (Å²) in [5, 5.41) is 0.692. The minimum Gasteiger partial charge on any atom is -0.460 e. The van der Waals surface area contributed by atoms with Gasteiger partial charge >= 0.3 is 6.61 Å². The van der Waals surface area contributed by atoms with Crippen molar-refractivity contribution in [2.24, 2.45) is 5.41 Å². The summed E-state index contributed by atoms with van der Waals surface area (Å²) in [7, 11) is 0. The Hall–Kier alpha value is -1.91. The van der Waals surface area contributed by atoms with Crippen molar-refractivity contribution in [3.63, 3.8) is 0 Å². The Morgan fingerprint density at radius 1 is 1.40 bits per heavy atom. The molecule has 0 atom stereocenters. The summed E-state index contributed by atoms with van der Waals surface area (Å²) in [6, 6.07) is 4.82. The number of hydrogen-bond acceptors (Lipinski definition) is 3. The fraction of sp³-hybridized carbons (Fsp3) is 0.400. The summed E-state index contributed by atoms with van der Waals surface area (Å²) in [5.74, 6) is 0.0659. The highest BCUT2D eigenvalue weighted by Gasteiger charge is 2.26. The molecule has 2 aromatic rings. The Morgan fingerprint density at radius 2 is 2.10 bits per heavy atom. The topological polar surface area (TPSA) is 39.4 Å². The van der Waals surface area contributed by atoms with Crippen LogP contribution in [0.3, 0.4) is 0 Å².